The van der Waals surface area contributed by atoms with Crippen LogP contribution in [0.25, 0.3) is 0 Å². The highest BCUT2D eigenvalue weighted by molar-refractivity contribution is 5.77. The minimum atomic E-state index is -0.810. The summed E-state index contributed by atoms with van der Waals surface area (Å²) in [6, 6.07) is -0.728. The molecule has 0 heterocycles. The zero-order chi connectivity index (χ0) is 45.9. The Bertz CT molecular complexity index is 1170. The van der Waals surface area contributed by atoms with Crippen LogP contribution in [-0.4, -0.2) is 46.9 Å². The molecule has 6 nitrogen and oxygen atoms in total. The van der Waals surface area contributed by atoms with Crippen molar-refractivity contribution in [3.8, 4) is 0 Å². The van der Waals surface area contributed by atoms with Gasteiger partial charge >= 0.3 is 5.97 Å². The molecule has 0 aromatic rings. The number of amides is 1. The van der Waals surface area contributed by atoms with E-state index in [1.165, 1.54) is 135 Å². The van der Waals surface area contributed by atoms with E-state index in [1.807, 2.05) is 12.2 Å². The summed E-state index contributed by atoms with van der Waals surface area (Å²) in [6.07, 6.45) is 63.9. The third-order valence-corrected chi connectivity index (χ3v) is 11.9. The van der Waals surface area contributed by atoms with Crippen molar-refractivity contribution in [3.05, 3.63) is 72.9 Å². The van der Waals surface area contributed by atoms with Crippen molar-refractivity contribution in [2.75, 3.05) is 6.61 Å². The minimum absolute atomic E-state index is 0.0271. The Balaban J connectivity index is 4.72. The molecule has 3 N–H and O–H groups in total. The molecule has 3 atom stereocenters. The summed E-state index contributed by atoms with van der Waals surface area (Å²) in [5, 5.41) is 23.8. The lowest BCUT2D eigenvalue weighted by Crippen LogP contribution is -2.46. The molecule has 0 aliphatic rings. The van der Waals surface area contributed by atoms with Gasteiger partial charge in [-0.2, -0.15) is 0 Å². The molecule has 0 aliphatic heterocycles. The van der Waals surface area contributed by atoms with Gasteiger partial charge in [0.05, 0.1) is 25.2 Å². The third-order valence-electron chi connectivity index (χ3n) is 11.9. The minimum Gasteiger partial charge on any atom is -0.462 e. The van der Waals surface area contributed by atoms with E-state index in [0.29, 0.717) is 19.3 Å². The van der Waals surface area contributed by atoms with Crippen molar-refractivity contribution >= 4 is 11.9 Å². The first-order chi connectivity index (χ1) is 31.0. The highest BCUT2D eigenvalue weighted by atomic mass is 16.5. The summed E-state index contributed by atoms with van der Waals surface area (Å²) < 4.78 is 5.88. The second-order valence-electron chi connectivity index (χ2n) is 18.0. The van der Waals surface area contributed by atoms with Crippen molar-refractivity contribution in [2.45, 2.75) is 270 Å². The van der Waals surface area contributed by atoms with E-state index in [2.05, 4.69) is 86.8 Å². The van der Waals surface area contributed by atoms with Gasteiger partial charge in [-0.1, -0.05) is 241 Å². The number of esters is 1. The fourth-order valence-corrected chi connectivity index (χ4v) is 7.79. The molecule has 0 aromatic heterocycles. The van der Waals surface area contributed by atoms with Gasteiger partial charge in [-0.3, -0.25) is 9.59 Å². The summed E-state index contributed by atoms with van der Waals surface area (Å²) >= 11 is 0. The second kappa shape index (κ2) is 50.3. The molecule has 364 valence electrons. The van der Waals surface area contributed by atoms with Gasteiger partial charge in [-0.25, -0.2) is 0 Å². The number of unbranched alkanes of at least 4 members (excludes halogenated alkanes) is 26. The number of carbonyl (C=O) groups is 2. The van der Waals surface area contributed by atoms with Crippen LogP contribution in [0.4, 0.5) is 0 Å². The first-order valence-electron chi connectivity index (χ1n) is 26.7. The van der Waals surface area contributed by atoms with E-state index in [4.69, 9.17) is 4.74 Å². The number of nitrogens with one attached hydrogen (secondary N) is 1. The van der Waals surface area contributed by atoms with Crippen LogP contribution in [0.1, 0.15) is 252 Å². The summed E-state index contributed by atoms with van der Waals surface area (Å²) in [5.41, 5.74) is 0. The molecule has 0 bridgehead atoms. The standard InChI is InChI=1S/C57H101NO5/c1-4-7-10-13-16-19-22-25-27-29-31-33-36-39-42-45-48-53(63-57(62)50-47-44-41-38-35-30-24-21-18-15-12-9-6-3)51-56(61)58-54(52-59)55(60)49-46-43-40-37-34-32-28-26-23-20-17-14-11-8-5-2/h16,19,22,25,27,29-31,33,35,41,44,53-55,59-60H,4-15,17-18,20-21,23-24,26,28,32,34,36-40,42-43,45-52H2,1-3H3,(H,58,61)/b19-16+,25-22+,29-27+,33-31+,35-30-,44-41+. The van der Waals surface area contributed by atoms with Crippen molar-refractivity contribution < 1.29 is 24.5 Å². The molecule has 0 aliphatic carbocycles. The van der Waals surface area contributed by atoms with Crippen LogP contribution < -0.4 is 5.32 Å². The highest BCUT2D eigenvalue weighted by Crippen LogP contribution is 2.17. The summed E-state index contributed by atoms with van der Waals surface area (Å²) in [7, 11) is 0. The van der Waals surface area contributed by atoms with Gasteiger partial charge in [0.1, 0.15) is 6.10 Å². The molecule has 0 fully saturated rings. The average molecular weight is 880 g/mol. The predicted octanol–water partition coefficient (Wildman–Crippen LogP) is 16.2. The van der Waals surface area contributed by atoms with Crippen LogP contribution >= 0.6 is 0 Å². The lowest BCUT2D eigenvalue weighted by atomic mass is 10.0. The Morgan fingerprint density at radius 1 is 0.476 bits per heavy atom. The van der Waals surface area contributed by atoms with Crippen molar-refractivity contribution in [1.82, 2.24) is 5.32 Å². The summed E-state index contributed by atoms with van der Waals surface area (Å²) in [4.78, 5) is 26.1. The maximum Gasteiger partial charge on any atom is 0.306 e. The molecule has 0 rings (SSSR count). The van der Waals surface area contributed by atoms with Gasteiger partial charge in [0, 0.05) is 6.42 Å². The number of ether oxygens (including phenoxy) is 1. The lowest BCUT2D eigenvalue weighted by molar-refractivity contribution is -0.150. The molecular weight excluding hydrogens is 779 g/mol. The third kappa shape index (κ3) is 45.7. The van der Waals surface area contributed by atoms with Gasteiger partial charge in [-0.15, -0.1) is 0 Å². The maximum atomic E-state index is 13.2. The first-order valence-corrected chi connectivity index (χ1v) is 26.7. The van der Waals surface area contributed by atoms with Crippen LogP contribution in [0, 0.1) is 0 Å². The van der Waals surface area contributed by atoms with E-state index in [9.17, 15) is 19.8 Å². The molecule has 6 heteroatoms. The number of aliphatic hydroxyl groups excluding tert-OH is 2. The van der Waals surface area contributed by atoms with E-state index in [0.717, 1.165) is 64.2 Å². The van der Waals surface area contributed by atoms with Crippen LogP contribution in [0.3, 0.4) is 0 Å². The molecule has 0 spiro atoms. The molecule has 63 heavy (non-hydrogen) atoms. The monoisotopic (exact) mass is 880 g/mol. The topological polar surface area (TPSA) is 95.9 Å². The largest absolute Gasteiger partial charge is 0.462 e. The number of hydrogen-bond donors (Lipinski definition) is 3. The van der Waals surface area contributed by atoms with E-state index < -0.39 is 18.2 Å². The lowest BCUT2D eigenvalue weighted by Gasteiger charge is -2.24. The summed E-state index contributed by atoms with van der Waals surface area (Å²) in [6.45, 7) is 6.42. The molecule has 0 radical (unpaired) electrons. The van der Waals surface area contributed by atoms with Gasteiger partial charge in [-0.05, 0) is 70.6 Å². The number of allylic oxidation sites excluding steroid dienone is 12. The Kier molecular flexibility index (Phi) is 48.1. The Morgan fingerprint density at radius 3 is 1.40 bits per heavy atom. The Labute approximate surface area is 390 Å². The van der Waals surface area contributed by atoms with Crippen molar-refractivity contribution in [3.63, 3.8) is 0 Å². The quantitative estimate of drug-likeness (QED) is 0.0245. The average Bonchev–Trinajstić information content (AvgIpc) is 3.28. The van der Waals surface area contributed by atoms with Gasteiger partial charge < -0.3 is 20.3 Å². The Morgan fingerprint density at radius 2 is 0.873 bits per heavy atom. The molecule has 1 amide bonds. The van der Waals surface area contributed by atoms with Crippen molar-refractivity contribution in [1.29, 1.82) is 0 Å². The second-order valence-corrected chi connectivity index (χ2v) is 18.0. The van der Waals surface area contributed by atoms with E-state index >= 15 is 0 Å². The normalized spacial score (nSPS) is 13.8. The van der Waals surface area contributed by atoms with Gasteiger partial charge in [0.25, 0.3) is 0 Å². The fraction of sp³-hybridized carbons (Fsp3) is 0.754. The Hall–Kier alpha value is -2.70. The van der Waals surface area contributed by atoms with E-state index in [1.54, 1.807) is 0 Å². The zero-order valence-electron chi connectivity index (χ0n) is 41.4. The molecule has 0 saturated carbocycles. The first kappa shape index (κ1) is 60.3. The predicted molar refractivity (Wildman–Crippen MR) is 273 cm³/mol. The maximum absolute atomic E-state index is 13.2. The van der Waals surface area contributed by atoms with Crippen molar-refractivity contribution in [2.24, 2.45) is 0 Å². The number of rotatable bonds is 47. The highest BCUT2D eigenvalue weighted by Gasteiger charge is 2.24. The number of carbonyl (C=O) groups excluding carboxylic acids is 2. The number of hydrogen-bond acceptors (Lipinski definition) is 5. The fourth-order valence-electron chi connectivity index (χ4n) is 7.79. The van der Waals surface area contributed by atoms with Crippen LogP contribution in [-0.2, 0) is 14.3 Å². The smallest absolute Gasteiger partial charge is 0.306 e. The van der Waals surface area contributed by atoms with Gasteiger partial charge in [0.15, 0.2) is 0 Å². The molecule has 0 aromatic carbocycles. The molecular formula is C57H101NO5. The molecule has 0 saturated heterocycles. The summed E-state index contributed by atoms with van der Waals surface area (Å²) in [5.74, 6) is -0.593. The molecule has 3 unspecified atom stereocenters. The zero-order valence-corrected chi connectivity index (χ0v) is 41.4. The van der Waals surface area contributed by atoms with Crippen LogP contribution in [0.5, 0.6) is 0 Å². The van der Waals surface area contributed by atoms with Gasteiger partial charge in [0.2, 0.25) is 5.91 Å². The van der Waals surface area contributed by atoms with E-state index in [-0.39, 0.29) is 31.3 Å². The SMILES string of the molecule is CCCCC/C=C/C=C/C=C/C=C/CCCCCC(CC(=O)NC(CO)C(O)CCCCCCCCCCCCCCCCC)OC(=O)CC/C=C/C/C=C\CCCCCCCC. The van der Waals surface area contributed by atoms with Crippen LogP contribution in [0.15, 0.2) is 72.9 Å². The number of aliphatic hydroxyl groups is 2. The van der Waals surface area contributed by atoms with Crippen LogP contribution in [0.2, 0.25) is 0 Å².